The van der Waals surface area contributed by atoms with E-state index in [0.29, 0.717) is 0 Å². The topological polar surface area (TPSA) is 12.0 Å². The van der Waals surface area contributed by atoms with Gasteiger partial charge in [-0.2, -0.15) is 0 Å². The fourth-order valence-electron chi connectivity index (χ4n) is 1.73. The van der Waals surface area contributed by atoms with Crippen LogP contribution in [0.25, 0.3) is 0 Å². The molecule has 1 aromatic carbocycles. The third-order valence-electron chi connectivity index (χ3n) is 2.55. The Morgan fingerprint density at radius 1 is 1.36 bits per heavy atom. The summed E-state index contributed by atoms with van der Waals surface area (Å²) in [4.78, 5) is 0. The number of hydrogen-bond donors (Lipinski definition) is 1. The molecule has 14 heavy (non-hydrogen) atoms. The van der Waals surface area contributed by atoms with Gasteiger partial charge in [0.05, 0.1) is 0 Å². The largest absolute Gasteiger partial charge is 0.320 e. The van der Waals surface area contributed by atoms with E-state index in [1.807, 2.05) is 7.05 Å². The zero-order chi connectivity index (χ0) is 10.4. The lowest BCUT2D eigenvalue weighted by Gasteiger charge is -2.11. The Bertz CT molecular complexity index is 268. The highest BCUT2D eigenvalue weighted by molar-refractivity contribution is 5.22. The minimum absolute atomic E-state index is 0.768. The highest BCUT2D eigenvalue weighted by Crippen LogP contribution is 2.12. The van der Waals surface area contributed by atoms with E-state index in [4.69, 9.17) is 0 Å². The van der Waals surface area contributed by atoms with Crippen LogP contribution in [0.3, 0.4) is 0 Å². The van der Waals surface area contributed by atoms with Crippen molar-refractivity contribution in [3.05, 3.63) is 35.4 Å². The van der Waals surface area contributed by atoms with Gasteiger partial charge in [-0.25, -0.2) is 0 Å². The molecule has 0 amide bonds. The molecule has 1 N–H and O–H groups in total. The quantitative estimate of drug-likeness (QED) is 0.754. The van der Waals surface area contributed by atoms with Crippen LogP contribution in [0.2, 0.25) is 0 Å². The summed E-state index contributed by atoms with van der Waals surface area (Å²) in [5, 5.41) is 3.20. The maximum Gasteiger partial charge on any atom is -0.00493 e. The molecule has 0 bridgehead atoms. The number of hydrogen-bond acceptors (Lipinski definition) is 1. The minimum atomic E-state index is 0.768. The Balaban J connectivity index is 2.43. The van der Waals surface area contributed by atoms with Crippen molar-refractivity contribution in [2.45, 2.75) is 26.7 Å². The second-order valence-electron chi connectivity index (χ2n) is 4.19. The van der Waals surface area contributed by atoms with Gasteiger partial charge in [-0.1, -0.05) is 36.8 Å². The summed E-state index contributed by atoms with van der Waals surface area (Å²) in [5.41, 5.74) is 2.83. The number of nitrogens with one attached hydrogen (secondary N) is 1. The summed E-state index contributed by atoms with van der Waals surface area (Å²) in [5.74, 6) is 0.768. The molecule has 1 nitrogen and oxygen atoms in total. The standard InChI is InChI=1S/C13H21N/c1-11-5-4-6-13(9-11)10-12(2)7-8-14-3/h4-6,9,12,14H,7-8,10H2,1-3H3. The zero-order valence-corrected chi connectivity index (χ0v) is 9.51. The minimum Gasteiger partial charge on any atom is -0.320 e. The maximum absolute atomic E-state index is 3.20. The predicted octanol–water partition coefficient (Wildman–Crippen LogP) is 2.78. The van der Waals surface area contributed by atoms with Gasteiger partial charge in [0.25, 0.3) is 0 Å². The van der Waals surface area contributed by atoms with Gasteiger partial charge in [-0.3, -0.25) is 0 Å². The summed E-state index contributed by atoms with van der Waals surface area (Å²) in [6.45, 7) is 5.59. The smallest absolute Gasteiger partial charge is 0.00493 e. The monoisotopic (exact) mass is 191 g/mol. The van der Waals surface area contributed by atoms with Crippen LogP contribution in [-0.2, 0) is 6.42 Å². The SMILES string of the molecule is CNCCC(C)Cc1cccc(C)c1. The first-order chi connectivity index (χ1) is 6.72. The first-order valence-corrected chi connectivity index (χ1v) is 5.42. The van der Waals surface area contributed by atoms with Gasteiger partial charge in [-0.05, 0) is 44.8 Å². The summed E-state index contributed by atoms with van der Waals surface area (Å²) >= 11 is 0. The molecule has 0 saturated carbocycles. The van der Waals surface area contributed by atoms with Crippen molar-refractivity contribution >= 4 is 0 Å². The van der Waals surface area contributed by atoms with Crippen LogP contribution in [0.15, 0.2) is 24.3 Å². The first kappa shape index (κ1) is 11.3. The third kappa shape index (κ3) is 3.93. The lowest BCUT2D eigenvalue weighted by Crippen LogP contribution is -2.12. The van der Waals surface area contributed by atoms with Gasteiger partial charge in [0.1, 0.15) is 0 Å². The maximum atomic E-state index is 3.20. The van der Waals surface area contributed by atoms with Crippen molar-refractivity contribution in [1.29, 1.82) is 0 Å². The second kappa shape index (κ2) is 5.82. The first-order valence-electron chi connectivity index (χ1n) is 5.42. The van der Waals surface area contributed by atoms with Crippen LogP contribution in [-0.4, -0.2) is 13.6 Å². The van der Waals surface area contributed by atoms with E-state index >= 15 is 0 Å². The van der Waals surface area contributed by atoms with E-state index in [-0.39, 0.29) is 0 Å². The van der Waals surface area contributed by atoms with E-state index in [1.54, 1.807) is 0 Å². The normalized spacial score (nSPS) is 12.8. The fraction of sp³-hybridized carbons (Fsp3) is 0.538. The van der Waals surface area contributed by atoms with Crippen LogP contribution < -0.4 is 5.32 Å². The van der Waals surface area contributed by atoms with E-state index in [0.717, 1.165) is 12.5 Å². The van der Waals surface area contributed by atoms with Crippen molar-refractivity contribution in [3.8, 4) is 0 Å². The molecule has 0 aliphatic heterocycles. The molecule has 0 heterocycles. The molecule has 0 aliphatic rings. The van der Waals surface area contributed by atoms with Crippen molar-refractivity contribution in [1.82, 2.24) is 5.32 Å². The summed E-state index contributed by atoms with van der Waals surface area (Å²) < 4.78 is 0. The molecule has 0 aliphatic carbocycles. The Morgan fingerprint density at radius 2 is 2.14 bits per heavy atom. The molecule has 1 heteroatoms. The van der Waals surface area contributed by atoms with Crippen LogP contribution in [0.1, 0.15) is 24.5 Å². The van der Waals surface area contributed by atoms with Gasteiger partial charge < -0.3 is 5.32 Å². The highest BCUT2D eigenvalue weighted by atomic mass is 14.8. The molecule has 1 aromatic rings. The van der Waals surface area contributed by atoms with E-state index in [9.17, 15) is 0 Å². The average Bonchev–Trinajstić information content (AvgIpc) is 2.15. The molecule has 0 saturated heterocycles. The van der Waals surface area contributed by atoms with Gasteiger partial charge in [-0.15, -0.1) is 0 Å². The fourth-order valence-corrected chi connectivity index (χ4v) is 1.73. The second-order valence-corrected chi connectivity index (χ2v) is 4.19. The van der Waals surface area contributed by atoms with Gasteiger partial charge in [0, 0.05) is 0 Å². The lowest BCUT2D eigenvalue weighted by atomic mass is 9.97. The zero-order valence-electron chi connectivity index (χ0n) is 9.51. The van der Waals surface area contributed by atoms with E-state index < -0.39 is 0 Å². The Labute approximate surface area is 87.5 Å². The molecule has 0 aromatic heterocycles. The van der Waals surface area contributed by atoms with Crippen LogP contribution >= 0.6 is 0 Å². The Kier molecular flexibility index (Phi) is 4.68. The molecular weight excluding hydrogens is 170 g/mol. The molecule has 1 rings (SSSR count). The van der Waals surface area contributed by atoms with Crippen LogP contribution in [0.4, 0.5) is 0 Å². The number of rotatable bonds is 5. The van der Waals surface area contributed by atoms with Gasteiger partial charge >= 0.3 is 0 Å². The van der Waals surface area contributed by atoms with Crippen molar-refractivity contribution in [3.63, 3.8) is 0 Å². The molecule has 1 unspecified atom stereocenters. The highest BCUT2D eigenvalue weighted by Gasteiger charge is 2.02. The summed E-state index contributed by atoms with van der Waals surface area (Å²) in [6, 6.07) is 8.82. The van der Waals surface area contributed by atoms with E-state index in [2.05, 4.69) is 43.4 Å². The Hall–Kier alpha value is -0.820. The van der Waals surface area contributed by atoms with Gasteiger partial charge in [0.2, 0.25) is 0 Å². The van der Waals surface area contributed by atoms with Crippen molar-refractivity contribution in [2.75, 3.05) is 13.6 Å². The Morgan fingerprint density at radius 3 is 2.79 bits per heavy atom. The summed E-state index contributed by atoms with van der Waals surface area (Å²) in [7, 11) is 2.01. The average molecular weight is 191 g/mol. The number of aryl methyl sites for hydroxylation is 1. The summed E-state index contributed by atoms with van der Waals surface area (Å²) in [6.07, 6.45) is 2.45. The number of benzene rings is 1. The molecular formula is C13H21N. The predicted molar refractivity (Wildman–Crippen MR) is 62.6 cm³/mol. The molecule has 0 fully saturated rings. The molecule has 1 atom stereocenters. The van der Waals surface area contributed by atoms with Crippen LogP contribution in [0.5, 0.6) is 0 Å². The van der Waals surface area contributed by atoms with Crippen LogP contribution in [0, 0.1) is 12.8 Å². The van der Waals surface area contributed by atoms with Crippen molar-refractivity contribution < 1.29 is 0 Å². The molecule has 0 radical (unpaired) electrons. The molecule has 0 spiro atoms. The molecule has 78 valence electrons. The van der Waals surface area contributed by atoms with Gasteiger partial charge in [0.15, 0.2) is 0 Å². The lowest BCUT2D eigenvalue weighted by molar-refractivity contribution is 0.515. The van der Waals surface area contributed by atoms with Crippen molar-refractivity contribution in [2.24, 2.45) is 5.92 Å². The van der Waals surface area contributed by atoms with E-state index in [1.165, 1.54) is 24.0 Å². The third-order valence-corrected chi connectivity index (χ3v) is 2.55.